The lowest BCUT2D eigenvalue weighted by Gasteiger charge is -2.05. The van der Waals surface area contributed by atoms with Crippen molar-refractivity contribution in [3.63, 3.8) is 0 Å². The summed E-state index contributed by atoms with van der Waals surface area (Å²) in [6, 6.07) is 8.62. The van der Waals surface area contributed by atoms with Gasteiger partial charge < -0.3 is 0 Å². The summed E-state index contributed by atoms with van der Waals surface area (Å²) < 4.78 is 1.97. The largest absolute Gasteiger partial charge is 0.241 e. The molecule has 0 aliphatic carbocycles. The summed E-state index contributed by atoms with van der Waals surface area (Å²) in [5.41, 5.74) is 4.87. The number of hydrogen-bond donors (Lipinski definition) is 0. The number of benzene rings is 1. The minimum atomic E-state index is 0.651. The zero-order valence-corrected chi connectivity index (χ0v) is 11.1. The summed E-state index contributed by atoms with van der Waals surface area (Å²) in [5, 5.41) is 4.62. The highest BCUT2D eigenvalue weighted by Gasteiger charge is 2.04. The average molecular weight is 228 g/mol. The lowest BCUT2D eigenvalue weighted by Crippen LogP contribution is -1.99. The molecule has 0 atom stereocenters. The molecule has 0 fully saturated rings. The van der Waals surface area contributed by atoms with Crippen molar-refractivity contribution in [1.29, 1.82) is 0 Å². The summed E-state index contributed by atoms with van der Waals surface area (Å²) in [6.07, 6.45) is 3.09. The predicted molar refractivity (Wildman–Crippen MR) is 71.6 cm³/mol. The normalized spacial score (nSPS) is 11.1. The third-order valence-corrected chi connectivity index (χ3v) is 2.73. The zero-order valence-electron chi connectivity index (χ0n) is 11.1. The van der Waals surface area contributed by atoms with E-state index < -0.39 is 0 Å². The third kappa shape index (κ3) is 2.96. The molecule has 17 heavy (non-hydrogen) atoms. The molecule has 1 aromatic carbocycles. The minimum absolute atomic E-state index is 0.651. The van der Waals surface area contributed by atoms with Crippen LogP contribution in [0.25, 0.3) is 5.69 Å². The summed E-state index contributed by atoms with van der Waals surface area (Å²) in [7, 11) is 0. The molecule has 0 saturated carbocycles. The molecule has 0 aliphatic rings. The van der Waals surface area contributed by atoms with Crippen molar-refractivity contribution < 1.29 is 0 Å². The van der Waals surface area contributed by atoms with Gasteiger partial charge in [-0.3, -0.25) is 0 Å². The first kappa shape index (κ1) is 11.9. The van der Waals surface area contributed by atoms with Crippen LogP contribution in [0.4, 0.5) is 0 Å². The summed E-state index contributed by atoms with van der Waals surface area (Å²) in [4.78, 5) is 0. The summed E-state index contributed by atoms with van der Waals surface area (Å²) in [6.45, 7) is 8.68. The summed E-state index contributed by atoms with van der Waals surface area (Å²) in [5.74, 6) is 0.651. The van der Waals surface area contributed by atoms with Gasteiger partial charge in [0.05, 0.1) is 11.4 Å². The molecule has 0 amide bonds. The lowest BCUT2D eigenvalue weighted by atomic mass is 10.1. The van der Waals surface area contributed by atoms with E-state index in [1.807, 2.05) is 10.9 Å². The maximum atomic E-state index is 4.62. The Morgan fingerprint density at radius 3 is 2.35 bits per heavy atom. The van der Waals surface area contributed by atoms with Gasteiger partial charge in [-0.05, 0) is 55.5 Å². The van der Waals surface area contributed by atoms with Crippen LogP contribution in [-0.2, 0) is 6.42 Å². The van der Waals surface area contributed by atoms with Gasteiger partial charge in [0.2, 0.25) is 0 Å². The van der Waals surface area contributed by atoms with Crippen LogP contribution < -0.4 is 0 Å². The number of aromatic nitrogens is 2. The van der Waals surface area contributed by atoms with Gasteiger partial charge in [0.25, 0.3) is 0 Å². The molecule has 0 spiro atoms. The SMILES string of the molecule is Cc1cc(C)cc(-n2ccc(CC(C)C)n2)c1. The molecular weight excluding hydrogens is 208 g/mol. The highest BCUT2D eigenvalue weighted by molar-refractivity contribution is 5.38. The quantitative estimate of drug-likeness (QED) is 0.783. The standard InChI is InChI=1S/C15H20N2/c1-11(2)7-14-5-6-17(16-14)15-9-12(3)8-13(4)10-15/h5-6,8-11H,7H2,1-4H3. The second kappa shape index (κ2) is 4.74. The molecule has 1 aromatic heterocycles. The van der Waals surface area contributed by atoms with Crippen LogP contribution in [0.5, 0.6) is 0 Å². The molecule has 0 N–H and O–H groups in total. The smallest absolute Gasteiger partial charge is 0.0650 e. The van der Waals surface area contributed by atoms with Crippen molar-refractivity contribution in [1.82, 2.24) is 9.78 Å². The second-order valence-electron chi connectivity index (χ2n) is 5.20. The molecule has 2 heteroatoms. The molecule has 0 aliphatic heterocycles. The average Bonchev–Trinajstić information content (AvgIpc) is 2.63. The van der Waals surface area contributed by atoms with E-state index in [1.54, 1.807) is 0 Å². The van der Waals surface area contributed by atoms with Gasteiger partial charge in [-0.15, -0.1) is 0 Å². The van der Waals surface area contributed by atoms with Crippen molar-refractivity contribution in [2.24, 2.45) is 5.92 Å². The Bertz CT molecular complexity index is 489. The third-order valence-electron chi connectivity index (χ3n) is 2.73. The molecule has 0 radical (unpaired) electrons. The van der Waals surface area contributed by atoms with Crippen LogP contribution in [-0.4, -0.2) is 9.78 Å². The van der Waals surface area contributed by atoms with E-state index in [0.717, 1.165) is 12.1 Å². The fourth-order valence-electron chi connectivity index (χ4n) is 2.12. The molecule has 2 nitrogen and oxygen atoms in total. The van der Waals surface area contributed by atoms with Crippen LogP contribution in [0.2, 0.25) is 0 Å². The van der Waals surface area contributed by atoms with Crippen LogP contribution in [0.15, 0.2) is 30.5 Å². The highest BCUT2D eigenvalue weighted by atomic mass is 15.3. The van der Waals surface area contributed by atoms with Crippen molar-refractivity contribution in [2.45, 2.75) is 34.1 Å². The highest BCUT2D eigenvalue weighted by Crippen LogP contribution is 2.14. The van der Waals surface area contributed by atoms with E-state index >= 15 is 0 Å². The topological polar surface area (TPSA) is 17.8 Å². The van der Waals surface area contributed by atoms with Crippen LogP contribution in [0.3, 0.4) is 0 Å². The fraction of sp³-hybridized carbons (Fsp3) is 0.400. The minimum Gasteiger partial charge on any atom is -0.241 e. The Labute approximate surface area is 103 Å². The van der Waals surface area contributed by atoms with Crippen molar-refractivity contribution in [3.8, 4) is 5.69 Å². The Morgan fingerprint density at radius 1 is 1.12 bits per heavy atom. The molecule has 90 valence electrons. The first-order valence-corrected chi connectivity index (χ1v) is 6.18. The first-order chi connectivity index (χ1) is 8.04. The Morgan fingerprint density at radius 2 is 1.76 bits per heavy atom. The van der Waals surface area contributed by atoms with Gasteiger partial charge in [0, 0.05) is 6.20 Å². The van der Waals surface area contributed by atoms with Gasteiger partial charge in [-0.25, -0.2) is 4.68 Å². The molecule has 1 heterocycles. The van der Waals surface area contributed by atoms with Gasteiger partial charge >= 0.3 is 0 Å². The number of hydrogen-bond acceptors (Lipinski definition) is 1. The molecular formula is C15H20N2. The van der Waals surface area contributed by atoms with E-state index in [9.17, 15) is 0 Å². The maximum Gasteiger partial charge on any atom is 0.0650 e. The Kier molecular flexibility index (Phi) is 3.32. The zero-order chi connectivity index (χ0) is 12.4. The first-order valence-electron chi connectivity index (χ1n) is 6.18. The lowest BCUT2D eigenvalue weighted by molar-refractivity contribution is 0.628. The Hall–Kier alpha value is -1.57. The van der Waals surface area contributed by atoms with E-state index in [1.165, 1.54) is 16.8 Å². The van der Waals surface area contributed by atoms with Crippen LogP contribution in [0, 0.1) is 19.8 Å². The van der Waals surface area contributed by atoms with Crippen molar-refractivity contribution in [2.75, 3.05) is 0 Å². The van der Waals surface area contributed by atoms with E-state index in [-0.39, 0.29) is 0 Å². The number of rotatable bonds is 3. The second-order valence-corrected chi connectivity index (χ2v) is 5.20. The molecule has 0 saturated heterocycles. The molecule has 2 rings (SSSR count). The van der Waals surface area contributed by atoms with E-state index in [4.69, 9.17) is 0 Å². The van der Waals surface area contributed by atoms with Gasteiger partial charge in [-0.1, -0.05) is 19.9 Å². The predicted octanol–water partition coefficient (Wildman–Crippen LogP) is 3.69. The molecule has 2 aromatic rings. The van der Waals surface area contributed by atoms with Gasteiger partial charge in [0.15, 0.2) is 0 Å². The van der Waals surface area contributed by atoms with Crippen LogP contribution >= 0.6 is 0 Å². The van der Waals surface area contributed by atoms with Crippen molar-refractivity contribution >= 4 is 0 Å². The number of aryl methyl sites for hydroxylation is 2. The maximum absolute atomic E-state index is 4.62. The molecule has 0 bridgehead atoms. The Balaban J connectivity index is 2.30. The molecule has 0 unspecified atom stereocenters. The monoisotopic (exact) mass is 228 g/mol. The fourth-order valence-corrected chi connectivity index (χ4v) is 2.12. The van der Waals surface area contributed by atoms with E-state index in [0.29, 0.717) is 5.92 Å². The number of nitrogens with zero attached hydrogens (tertiary/aromatic N) is 2. The summed E-state index contributed by atoms with van der Waals surface area (Å²) >= 11 is 0. The van der Waals surface area contributed by atoms with Crippen LogP contribution in [0.1, 0.15) is 30.7 Å². The van der Waals surface area contributed by atoms with Gasteiger partial charge in [-0.2, -0.15) is 5.10 Å². The van der Waals surface area contributed by atoms with Gasteiger partial charge in [0.1, 0.15) is 0 Å². The van der Waals surface area contributed by atoms with Crippen molar-refractivity contribution in [3.05, 3.63) is 47.3 Å². The van der Waals surface area contributed by atoms with E-state index in [2.05, 4.69) is 57.1 Å².